The summed E-state index contributed by atoms with van der Waals surface area (Å²) in [5.41, 5.74) is 3.90. The number of hydrogen-bond acceptors (Lipinski definition) is 4. The zero-order valence-corrected chi connectivity index (χ0v) is 17.5. The highest BCUT2D eigenvalue weighted by atomic mass is 16.5. The maximum Gasteiger partial charge on any atom is 0.336 e. The van der Waals surface area contributed by atoms with Crippen molar-refractivity contribution < 1.29 is 9.53 Å². The van der Waals surface area contributed by atoms with Gasteiger partial charge in [-0.05, 0) is 48.9 Å². The van der Waals surface area contributed by atoms with Crippen LogP contribution in [0.4, 0.5) is 0 Å². The van der Waals surface area contributed by atoms with Gasteiger partial charge in [-0.25, -0.2) is 0 Å². The van der Waals surface area contributed by atoms with Crippen LogP contribution in [-0.2, 0) is 12.8 Å². The Labute approximate surface area is 172 Å². The Bertz CT molecular complexity index is 928. The minimum absolute atomic E-state index is 0.208. The van der Waals surface area contributed by atoms with Crippen molar-refractivity contribution in [3.05, 3.63) is 65.2 Å². The first-order valence-electron chi connectivity index (χ1n) is 10.5. The lowest BCUT2D eigenvalue weighted by atomic mass is 10.1. The number of hydrogen-bond donors (Lipinski definition) is 0. The molecule has 0 radical (unpaired) electrons. The van der Waals surface area contributed by atoms with Crippen molar-refractivity contribution in [3.8, 4) is 17.4 Å². The van der Waals surface area contributed by atoms with Crippen LogP contribution in [0, 0.1) is 0 Å². The summed E-state index contributed by atoms with van der Waals surface area (Å²) < 4.78 is 6.95. The maximum absolute atomic E-state index is 13.2. The van der Waals surface area contributed by atoms with Crippen LogP contribution >= 0.6 is 0 Å². The SMILES string of the molecule is CCCCc1ccc(C(=O)n2nc(OCCC)nc2-c2ccc(CC)cc2)cc1. The van der Waals surface area contributed by atoms with Crippen LogP contribution in [0.15, 0.2) is 48.5 Å². The summed E-state index contributed by atoms with van der Waals surface area (Å²) in [6.07, 6.45) is 5.13. The highest BCUT2D eigenvalue weighted by Gasteiger charge is 2.20. The third-order valence-electron chi connectivity index (χ3n) is 4.86. The maximum atomic E-state index is 13.2. The smallest absolute Gasteiger partial charge is 0.336 e. The molecule has 0 saturated heterocycles. The van der Waals surface area contributed by atoms with Crippen LogP contribution in [-0.4, -0.2) is 27.3 Å². The van der Waals surface area contributed by atoms with Gasteiger partial charge in [-0.15, -0.1) is 5.10 Å². The van der Waals surface area contributed by atoms with Crippen LogP contribution in [0.1, 0.15) is 61.5 Å². The van der Waals surface area contributed by atoms with Crippen molar-refractivity contribution >= 4 is 5.91 Å². The van der Waals surface area contributed by atoms with Gasteiger partial charge in [-0.1, -0.05) is 63.6 Å². The molecule has 0 aliphatic rings. The number of carbonyl (C=O) groups is 1. The van der Waals surface area contributed by atoms with E-state index in [0.717, 1.165) is 37.7 Å². The van der Waals surface area contributed by atoms with Gasteiger partial charge in [0.15, 0.2) is 5.82 Å². The van der Waals surface area contributed by atoms with E-state index in [9.17, 15) is 4.79 Å². The summed E-state index contributed by atoms with van der Waals surface area (Å²) in [5, 5.41) is 4.35. The fourth-order valence-corrected chi connectivity index (χ4v) is 3.08. The Morgan fingerprint density at radius 2 is 1.62 bits per heavy atom. The Kier molecular flexibility index (Phi) is 7.17. The average molecular weight is 392 g/mol. The summed E-state index contributed by atoms with van der Waals surface area (Å²) in [6.45, 7) is 6.82. The van der Waals surface area contributed by atoms with Gasteiger partial charge in [0.05, 0.1) is 6.61 Å². The van der Waals surface area contributed by atoms with Gasteiger partial charge in [0.1, 0.15) is 0 Å². The molecule has 0 aliphatic heterocycles. The van der Waals surface area contributed by atoms with E-state index in [1.165, 1.54) is 15.8 Å². The molecule has 1 aromatic heterocycles. The topological polar surface area (TPSA) is 57.0 Å². The van der Waals surface area contributed by atoms with Gasteiger partial charge in [-0.3, -0.25) is 4.79 Å². The van der Waals surface area contributed by atoms with Crippen LogP contribution in [0.5, 0.6) is 6.01 Å². The summed E-state index contributed by atoms with van der Waals surface area (Å²) in [5.74, 6) is 0.291. The normalized spacial score (nSPS) is 10.9. The number of carbonyl (C=O) groups excluding carboxylic acids is 1. The minimum atomic E-state index is -0.208. The van der Waals surface area contributed by atoms with E-state index >= 15 is 0 Å². The monoisotopic (exact) mass is 391 g/mol. The molecule has 3 aromatic rings. The fourth-order valence-electron chi connectivity index (χ4n) is 3.08. The Morgan fingerprint density at radius 3 is 2.24 bits per heavy atom. The number of nitrogens with zero attached hydrogens (tertiary/aromatic N) is 3. The molecule has 0 unspecified atom stereocenters. The lowest BCUT2D eigenvalue weighted by Gasteiger charge is -2.06. The Morgan fingerprint density at radius 1 is 0.931 bits per heavy atom. The highest BCUT2D eigenvalue weighted by molar-refractivity contribution is 5.97. The second kappa shape index (κ2) is 10.0. The molecule has 0 bridgehead atoms. The second-order valence-electron chi connectivity index (χ2n) is 7.13. The first kappa shape index (κ1) is 20.8. The third kappa shape index (κ3) is 5.11. The molecule has 5 nitrogen and oxygen atoms in total. The molecule has 0 N–H and O–H groups in total. The highest BCUT2D eigenvalue weighted by Crippen LogP contribution is 2.22. The van der Waals surface area contributed by atoms with Crippen molar-refractivity contribution in [2.45, 2.75) is 52.9 Å². The minimum Gasteiger partial charge on any atom is -0.462 e. The van der Waals surface area contributed by atoms with Crippen LogP contribution in [0.3, 0.4) is 0 Å². The Hall–Kier alpha value is -2.95. The van der Waals surface area contributed by atoms with Crippen LogP contribution in [0.25, 0.3) is 11.4 Å². The molecule has 5 heteroatoms. The second-order valence-corrected chi connectivity index (χ2v) is 7.13. The van der Waals surface area contributed by atoms with Gasteiger partial charge in [0.2, 0.25) is 0 Å². The third-order valence-corrected chi connectivity index (χ3v) is 4.86. The zero-order valence-electron chi connectivity index (χ0n) is 17.5. The molecule has 3 rings (SSSR count). The van der Waals surface area contributed by atoms with Gasteiger partial charge in [0, 0.05) is 11.1 Å². The predicted molar refractivity (Wildman–Crippen MR) is 115 cm³/mol. The summed E-state index contributed by atoms with van der Waals surface area (Å²) in [6, 6.07) is 16.1. The summed E-state index contributed by atoms with van der Waals surface area (Å²) in [4.78, 5) is 17.7. The molecule has 0 aliphatic carbocycles. The van der Waals surface area contributed by atoms with E-state index in [0.29, 0.717) is 18.0 Å². The zero-order chi connectivity index (χ0) is 20.6. The predicted octanol–water partition coefficient (Wildman–Crippen LogP) is 5.33. The molecular formula is C24H29N3O2. The van der Waals surface area contributed by atoms with E-state index in [1.54, 1.807) is 0 Å². The lowest BCUT2D eigenvalue weighted by Crippen LogP contribution is -2.15. The van der Waals surface area contributed by atoms with Crippen LogP contribution in [0.2, 0.25) is 0 Å². The van der Waals surface area contributed by atoms with Crippen molar-refractivity contribution in [1.29, 1.82) is 0 Å². The molecule has 0 amide bonds. The first-order chi connectivity index (χ1) is 14.2. The van der Waals surface area contributed by atoms with Crippen LogP contribution < -0.4 is 4.74 Å². The van der Waals surface area contributed by atoms with E-state index in [1.807, 2.05) is 55.5 Å². The number of unbranched alkanes of at least 4 members (excludes halogenated alkanes) is 1. The van der Waals surface area contributed by atoms with Crippen molar-refractivity contribution in [3.63, 3.8) is 0 Å². The molecule has 0 saturated carbocycles. The molecule has 0 spiro atoms. The van der Waals surface area contributed by atoms with Gasteiger partial charge >= 0.3 is 6.01 Å². The van der Waals surface area contributed by atoms with Gasteiger partial charge in [0.25, 0.3) is 5.91 Å². The number of aromatic nitrogens is 3. The molecule has 152 valence electrons. The van der Waals surface area contributed by atoms with Gasteiger partial charge < -0.3 is 4.74 Å². The average Bonchev–Trinajstić information content (AvgIpc) is 3.20. The largest absolute Gasteiger partial charge is 0.462 e. The molecular weight excluding hydrogens is 362 g/mol. The molecule has 0 fully saturated rings. The fraction of sp³-hybridized carbons (Fsp3) is 0.375. The Balaban J connectivity index is 1.93. The lowest BCUT2D eigenvalue weighted by molar-refractivity contribution is 0.0944. The van der Waals surface area contributed by atoms with E-state index in [2.05, 4.69) is 23.9 Å². The van der Waals surface area contributed by atoms with Crippen molar-refractivity contribution in [2.24, 2.45) is 0 Å². The van der Waals surface area contributed by atoms with Gasteiger partial charge in [-0.2, -0.15) is 9.67 Å². The number of benzene rings is 2. The number of aryl methyl sites for hydroxylation is 2. The first-order valence-corrected chi connectivity index (χ1v) is 10.5. The molecule has 1 heterocycles. The van der Waals surface area contributed by atoms with Crippen molar-refractivity contribution in [2.75, 3.05) is 6.61 Å². The number of rotatable bonds is 9. The van der Waals surface area contributed by atoms with E-state index in [-0.39, 0.29) is 11.9 Å². The summed E-state index contributed by atoms with van der Waals surface area (Å²) >= 11 is 0. The molecule has 2 aromatic carbocycles. The standard InChI is InChI=1S/C24H29N3O2/c1-4-7-8-19-11-15-21(16-12-19)23(28)27-22(25-24(26-27)29-17-5-2)20-13-9-18(6-3)10-14-20/h9-16H,4-8,17H2,1-3H3. The van der Waals surface area contributed by atoms with Crippen molar-refractivity contribution in [1.82, 2.24) is 14.8 Å². The molecule has 29 heavy (non-hydrogen) atoms. The number of ether oxygens (including phenoxy) is 1. The quantitative estimate of drug-likeness (QED) is 0.495. The summed E-state index contributed by atoms with van der Waals surface area (Å²) in [7, 11) is 0. The van der Waals surface area contributed by atoms with E-state index in [4.69, 9.17) is 4.74 Å². The van der Waals surface area contributed by atoms with E-state index < -0.39 is 0 Å². The molecule has 0 atom stereocenters.